The molecule has 0 unspecified atom stereocenters. The van der Waals surface area contributed by atoms with E-state index in [4.69, 9.17) is 9.47 Å². The fraction of sp³-hybridized carbons (Fsp3) is 0.667. The van der Waals surface area contributed by atoms with Gasteiger partial charge in [-0.1, -0.05) is 49.6 Å². The van der Waals surface area contributed by atoms with Crippen LogP contribution < -0.4 is 5.32 Å². The number of morpholine rings is 1. The molecule has 5 heteroatoms. The number of ether oxygens (including phenoxy) is 2. The van der Waals surface area contributed by atoms with Crippen molar-refractivity contribution in [2.45, 2.75) is 49.6 Å². The number of hydrogen-bond donors (Lipinski definition) is 1. The molecule has 2 aliphatic heterocycles. The maximum Gasteiger partial charge on any atom is 0.231 e. The van der Waals surface area contributed by atoms with Crippen molar-refractivity contribution >= 4 is 5.91 Å². The third kappa shape index (κ3) is 3.53. The molecule has 1 N–H and O–H groups in total. The van der Waals surface area contributed by atoms with Crippen molar-refractivity contribution in [1.29, 1.82) is 0 Å². The smallest absolute Gasteiger partial charge is 0.231 e. The highest BCUT2D eigenvalue weighted by molar-refractivity contribution is 5.88. The van der Waals surface area contributed by atoms with Gasteiger partial charge in [-0.25, -0.2) is 0 Å². The van der Waals surface area contributed by atoms with E-state index in [1.54, 1.807) is 0 Å². The molecule has 4 rings (SSSR count). The van der Waals surface area contributed by atoms with Crippen LogP contribution in [0.25, 0.3) is 0 Å². The number of hydrogen-bond acceptors (Lipinski definition) is 4. The molecule has 3 fully saturated rings. The van der Waals surface area contributed by atoms with E-state index >= 15 is 0 Å². The zero-order valence-electron chi connectivity index (χ0n) is 15.5. The second-order valence-electron chi connectivity index (χ2n) is 7.84. The highest BCUT2D eigenvalue weighted by atomic mass is 16.5. The maximum absolute atomic E-state index is 13.5. The van der Waals surface area contributed by atoms with E-state index in [-0.39, 0.29) is 23.4 Å². The Morgan fingerprint density at radius 2 is 1.73 bits per heavy atom. The summed E-state index contributed by atoms with van der Waals surface area (Å²) in [6, 6.07) is 10.7. The zero-order chi connectivity index (χ0) is 17.8. The van der Waals surface area contributed by atoms with Gasteiger partial charge < -0.3 is 14.8 Å². The van der Waals surface area contributed by atoms with Crippen LogP contribution in [0.5, 0.6) is 0 Å². The number of carbonyl (C=O) groups excluding carboxylic acids is 1. The third-order valence-electron chi connectivity index (χ3n) is 6.35. The van der Waals surface area contributed by atoms with Gasteiger partial charge in [-0.15, -0.1) is 0 Å². The van der Waals surface area contributed by atoms with Crippen molar-refractivity contribution in [1.82, 2.24) is 10.2 Å². The normalized spacial score (nSPS) is 29.4. The summed E-state index contributed by atoms with van der Waals surface area (Å²) in [6.07, 6.45) is 5.36. The molecule has 3 aliphatic rings. The molecule has 2 atom stereocenters. The molecule has 26 heavy (non-hydrogen) atoms. The van der Waals surface area contributed by atoms with E-state index in [1.165, 1.54) is 12.0 Å². The standard InChI is InChI=1S/C21H30N2O3/c24-20(21(9-5-2-6-10-21)17-7-3-1-4-8-17)22-18-15-26-16-19(18)23-11-13-25-14-12-23/h1,3-4,7-8,18-19H,2,5-6,9-16H2,(H,22,24)/t18-,19-/m1/s1. The molecule has 0 bridgehead atoms. The second kappa shape index (κ2) is 8.07. The van der Waals surface area contributed by atoms with Crippen molar-refractivity contribution in [3.05, 3.63) is 35.9 Å². The molecule has 2 heterocycles. The Morgan fingerprint density at radius 3 is 2.46 bits per heavy atom. The van der Waals surface area contributed by atoms with Gasteiger partial charge in [0.05, 0.1) is 43.9 Å². The minimum atomic E-state index is -0.377. The molecule has 1 saturated carbocycles. The van der Waals surface area contributed by atoms with E-state index in [0.717, 1.165) is 52.0 Å². The van der Waals surface area contributed by atoms with E-state index < -0.39 is 0 Å². The number of amides is 1. The molecule has 0 radical (unpaired) electrons. The van der Waals surface area contributed by atoms with Gasteiger partial charge in [0.2, 0.25) is 5.91 Å². The van der Waals surface area contributed by atoms with Gasteiger partial charge in [0, 0.05) is 13.1 Å². The number of nitrogens with one attached hydrogen (secondary N) is 1. The minimum absolute atomic E-state index is 0.0723. The van der Waals surface area contributed by atoms with Crippen LogP contribution in [0.3, 0.4) is 0 Å². The predicted molar refractivity (Wildman–Crippen MR) is 100 cm³/mol. The van der Waals surface area contributed by atoms with Gasteiger partial charge in [0.25, 0.3) is 0 Å². The lowest BCUT2D eigenvalue weighted by atomic mass is 9.68. The summed E-state index contributed by atoms with van der Waals surface area (Å²) < 4.78 is 11.2. The summed E-state index contributed by atoms with van der Waals surface area (Å²) in [5, 5.41) is 3.39. The monoisotopic (exact) mass is 358 g/mol. The lowest BCUT2D eigenvalue weighted by Gasteiger charge is -2.39. The number of rotatable bonds is 4. The number of benzene rings is 1. The van der Waals surface area contributed by atoms with Crippen molar-refractivity contribution < 1.29 is 14.3 Å². The van der Waals surface area contributed by atoms with Gasteiger partial charge in [-0.05, 0) is 18.4 Å². The average molecular weight is 358 g/mol. The first kappa shape index (κ1) is 18.0. The molecule has 142 valence electrons. The summed E-state index contributed by atoms with van der Waals surface area (Å²) in [5.74, 6) is 0.192. The van der Waals surface area contributed by atoms with Gasteiger partial charge >= 0.3 is 0 Å². The van der Waals surface area contributed by atoms with Gasteiger partial charge in [0.15, 0.2) is 0 Å². The molecule has 5 nitrogen and oxygen atoms in total. The molecular weight excluding hydrogens is 328 g/mol. The largest absolute Gasteiger partial charge is 0.379 e. The molecule has 1 amide bonds. The quantitative estimate of drug-likeness (QED) is 0.896. The third-order valence-corrected chi connectivity index (χ3v) is 6.35. The molecular formula is C21H30N2O3. The van der Waals surface area contributed by atoms with Crippen LogP contribution in [0, 0.1) is 0 Å². The molecule has 1 aliphatic carbocycles. The van der Waals surface area contributed by atoms with Crippen LogP contribution in [-0.4, -0.2) is 62.4 Å². The summed E-state index contributed by atoms with van der Waals surface area (Å²) in [4.78, 5) is 15.9. The molecule has 2 saturated heterocycles. The summed E-state index contributed by atoms with van der Waals surface area (Å²) in [6.45, 7) is 4.69. The molecule has 0 spiro atoms. The van der Waals surface area contributed by atoms with Crippen LogP contribution in [0.15, 0.2) is 30.3 Å². The Hall–Kier alpha value is -1.43. The van der Waals surface area contributed by atoms with Crippen molar-refractivity contribution in [2.75, 3.05) is 39.5 Å². The first-order chi connectivity index (χ1) is 12.8. The zero-order valence-corrected chi connectivity index (χ0v) is 15.5. The lowest BCUT2D eigenvalue weighted by Crippen LogP contribution is -2.57. The first-order valence-electron chi connectivity index (χ1n) is 10.1. The number of nitrogens with zero attached hydrogens (tertiary/aromatic N) is 1. The van der Waals surface area contributed by atoms with Gasteiger partial charge in [0.1, 0.15) is 0 Å². The topological polar surface area (TPSA) is 50.8 Å². The van der Waals surface area contributed by atoms with Gasteiger partial charge in [-0.2, -0.15) is 0 Å². The minimum Gasteiger partial charge on any atom is -0.379 e. The SMILES string of the molecule is O=C(N[C@@H]1COC[C@H]1N1CCOCC1)C1(c2ccccc2)CCCCC1. The van der Waals surface area contributed by atoms with E-state index in [9.17, 15) is 4.79 Å². The summed E-state index contributed by atoms with van der Waals surface area (Å²) in [5.41, 5.74) is 0.788. The van der Waals surface area contributed by atoms with Crippen molar-refractivity contribution in [3.63, 3.8) is 0 Å². The molecule has 0 aromatic heterocycles. The second-order valence-corrected chi connectivity index (χ2v) is 7.84. The fourth-order valence-electron chi connectivity index (χ4n) is 4.82. The fourth-order valence-corrected chi connectivity index (χ4v) is 4.82. The Morgan fingerprint density at radius 1 is 1.00 bits per heavy atom. The van der Waals surface area contributed by atoms with E-state index in [1.807, 2.05) is 18.2 Å². The Bertz CT molecular complexity index is 595. The van der Waals surface area contributed by atoms with Crippen LogP contribution in [-0.2, 0) is 19.7 Å². The van der Waals surface area contributed by atoms with Crippen LogP contribution in [0.4, 0.5) is 0 Å². The average Bonchev–Trinajstić information content (AvgIpc) is 3.18. The van der Waals surface area contributed by atoms with Crippen LogP contribution >= 0.6 is 0 Å². The predicted octanol–water partition coefficient (Wildman–Crippen LogP) is 2.10. The van der Waals surface area contributed by atoms with Gasteiger partial charge in [-0.3, -0.25) is 9.69 Å². The molecule has 1 aromatic rings. The van der Waals surface area contributed by atoms with Crippen LogP contribution in [0.2, 0.25) is 0 Å². The van der Waals surface area contributed by atoms with Crippen molar-refractivity contribution in [3.8, 4) is 0 Å². The highest BCUT2D eigenvalue weighted by Gasteiger charge is 2.44. The molecule has 1 aromatic carbocycles. The summed E-state index contributed by atoms with van der Waals surface area (Å²) >= 11 is 0. The number of carbonyl (C=O) groups is 1. The summed E-state index contributed by atoms with van der Waals surface area (Å²) in [7, 11) is 0. The Balaban J connectivity index is 1.51. The Labute approximate surface area is 156 Å². The first-order valence-corrected chi connectivity index (χ1v) is 10.1. The van der Waals surface area contributed by atoms with Crippen LogP contribution in [0.1, 0.15) is 37.7 Å². The van der Waals surface area contributed by atoms with Crippen molar-refractivity contribution in [2.24, 2.45) is 0 Å². The lowest BCUT2D eigenvalue weighted by molar-refractivity contribution is -0.129. The van der Waals surface area contributed by atoms with E-state index in [0.29, 0.717) is 13.2 Å². The Kier molecular flexibility index (Phi) is 5.57. The highest BCUT2D eigenvalue weighted by Crippen LogP contribution is 2.40. The maximum atomic E-state index is 13.5. The van der Waals surface area contributed by atoms with E-state index in [2.05, 4.69) is 22.3 Å².